The van der Waals surface area contributed by atoms with Crippen LogP contribution in [0.5, 0.6) is 11.5 Å². The van der Waals surface area contributed by atoms with Gasteiger partial charge in [0.05, 0.1) is 20.5 Å². The summed E-state index contributed by atoms with van der Waals surface area (Å²) in [5.41, 5.74) is 1.30. The maximum Gasteiger partial charge on any atom is 0.253 e. The van der Waals surface area contributed by atoms with Crippen molar-refractivity contribution in [2.45, 2.75) is 0 Å². The van der Waals surface area contributed by atoms with Gasteiger partial charge >= 0.3 is 0 Å². The number of nitrogens with one attached hydrogen (secondary N) is 2. The van der Waals surface area contributed by atoms with Crippen molar-refractivity contribution in [3.05, 3.63) is 48.5 Å². The lowest BCUT2D eigenvalue weighted by Gasteiger charge is -2.14. The van der Waals surface area contributed by atoms with Gasteiger partial charge in [-0.25, -0.2) is 8.42 Å². The number of hydrogen-bond acceptors (Lipinski definition) is 4. The van der Waals surface area contributed by atoms with Crippen molar-refractivity contribution in [2.24, 2.45) is 4.40 Å². The van der Waals surface area contributed by atoms with E-state index in [1.165, 1.54) is 7.11 Å². The van der Waals surface area contributed by atoms with Crippen LogP contribution in [0.2, 0.25) is 0 Å². The Morgan fingerprint density at radius 1 is 0.917 bits per heavy atom. The van der Waals surface area contributed by atoms with Gasteiger partial charge < -0.3 is 20.1 Å². The fourth-order valence-electron chi connectivity index (χ4n) is 1.95. The highest BCUT2D eigenvalue weighted by atomic mass is 32.2. The van der Waals surface area contributed by atoms with Gasteiger partial charge in [0, 0.05) is 17.4 Å². The number of rotatable bonds is 5. The molecule has 0 aliphatic rings. The summed E-state index contributed by atoms with van der Waals surface area (Å²) in [4.78, 5) is 0. The molecule has 0 atom stereocenters. The summed E-state index contributed by atoms with van der Waals surface area (Å²) >= 11 is 0. The zero-order chi connectivity index (χ0) is 17.6. The summed E-state index contributed by atoms with van der Waals surface area (Å²) in [7, 11) is -0.522. The SMILES string of the molecule is COc1ccc(N/C(=N\S(C)(=O)=O)Nc2ccccc2)cc1OC. The molecule has 128 valence electrons. The molecule has 0 unspecified atom stereocenters. The van der Waals surface area contributed by atoms with Gasteiger partial charge in [-0.2, -0.15) is 0 Å². The highest BCUT2D eigenvalue weighted by molar-refractivity contribution is 7.89. The third-order valence-corrected chi connectivity index (χ3v) is 3.45. The van der Waals surface area contributed by atoms with Crippen LogP contribution in [-0.2, 0) is 10.0 Å². The Bertz CT molecular complexity index is 820. The van der Waals surface area contributed by atoms with E-state index in [4.69, 9.17) is 9.47 Å². The number of benzene rings is 2. The van der Waals surface area contributed by atoms with Crippen molar-refractivity contribution in [2.75, 3.05) is 31.1 Å². The Morgan fingerprint density at radius 2 is 1.54 bits per heavy atom. The number of nitrogens with zero attached hydrogens (tertiary/aromatic N) is 1. The molecular formula is C16H19N3O4S. The van der Waals surface area contributed by atoms with Crippen LogP contribution in [-0.4, -0.2) is 34.9 Å². The van der Waals surface area contributed by atoms with Crippen LogP contribution in [0.4, 0.5) is 11.4 Å². The molecule has 2 aromatic carbocycles. The van der Waals surface area contributed by atoms with E-state index < -0.39 is 10.0 Å². The third kappa shape index (κ3) is 5.17. The first-order valence-electron chi connectivity index (χ1n) is 7.02. The van der Waals surface area contributed by atoms with Crippen LogP contribution in [0.15, 0.2) is 52.9 Å². The molecule has 0 aromatic heterocycles. The standard InChI is InChI=1S/C16H19N3O4S/c1-22-14-10-9-13(11-15(14)23-2)18-16(19-24(3,20)21)17-12-7-5-4-6-8-12/h4-11H,1-3H3,(H2,17,18,19). The monoisotopic (exact) mass is 349 g/mol. The number of methoxy groups -OCH3 is 2. The van der Waals surface area contributed by atoms with Crippen LogP contribution in [0.1, 0.15) is 0 Å². The van der Waals surface area contributed by atoms with Crippen molar-refractivity contribution in [1.29, 1.82) is 0 Å². The van der Waals surface area contributed by atoms with E-state index in [1.54, 1.807) is 37.4 Å². The lowest BCUT2D eigenvalue weighted by Crippen LogP contribution is -2.23. The van der Waals surface area contributed by atoms with Crippen LogP contribution in [0, 0.1) is 0 Å². The molecule has 2 aromatic rings. The minimum Gasteiger partial charge on any atom is -0.493 e. The molecular weight excluding hydrogens is 330 g/mol. The molecule has 0 spiro atoms. The van der Waals surface area contributed by atoms with Crippen LogP contribution in [0.25, 0.3) is 0 Å². The highest BCUT2D eigenvalue weighted by Crippen LogP contribution is 2.29. The smallest absolute Gasteiger partial charge is 0.253 e. The lowest BCUT2D eigenvalue weighted by atomic mass is 10.2. The molecule has 0 bridgehead atoms. The molecule has 2 rings (SSSR count). The quantitative estimate of drug-likeness (QED) is 0.637. The van der Waals surface area contributed by atoms with Gasteiger partial charge in [-0.1, -0.05) is 18.2 Å². The predicted molar refractivity (Wildman–Crippen MR) is 95.5 cm³/mol. The van der Waals surface area contributed by atoms with Gasteiger partial charge in [-0.15, -0.1) is 4.40 Å². The van der Waals surface area contributed by atoms with Crippen molar-refractivity contribution in [1.82, 2.24) is 0 Å². The normalized spacial score (nSPS) is 11.7. The molecule has 8 heteroatoms. The van der Waals surface area contributed by atoms with E-state index in [-0.39, 0.29) is 5.96 Å². The van der Waals surface area contributed by atoms with E-state index in [0.717, 1.165) is 6.26 Å². The van der Waals surface area contributed by atoms with Gasteiger partial charge in [-0.05, 0) is 24.3 Å². The zero-order valence-electron chi connectivity index (χ0n) is 13.6. The van der Waals surface area contributed by atoms with E-state index in [9.17, 15) is 8.42 Å². The topological polar surface area (TPSA) is 89.0 Å². The van der Waals surface area contributed by atoms with Gasteiger partial charge in [0.1, 0.15) is 0 Å². The molecule has 0 aliphatic heterocycles. The molecule has 0 fully saturated rings. The molecule has 0 heterocycles. The average molecular weight is 349 g/mol. The molecule has 0 saturated carbocycles. The molecule has 7 nitrogen and oxygen atoms in total. The first kappa shape index (κ1) is 17.6. The first-order chi connectivity index (χ1) is 11.4. The minimum absolute atomic E-state index is 0.0796. The summed E-state index contributed by atoms with van der Waals surface area (Å²) in [5.74, 6) is 1.16. The van der Waals surface area contributed by atoms with E-state index in [2.05, 4.69) is 15.0 Å². The van der Waals surface area contributed by atoms with Gasteiger partial charge in [0.15, 0.2) is 11.5 Å². The van der Waals surface area contributed by atoms with Gasteiger partial charge in [0.2, 0.25) is 5.96 Å². The Kier molecular flexibility index (Phi) is 5.64. The van der Waals surface area contributed by atoms with E-state index in [0.29, 0.717) is 22.9 Å². The Morgan fingerprint density at radius 3 is 2.12 bits per heavy atom. The van der Waals surface area contributed by atoms with Crippen LogP contribution >= 0.6 is 0 Å². The van der Waals surface area contributed by atoms with Crippen molar-refractivity contribution in [3.8, 4) is 11.5 Å². The van der Waals surface area contributed by atoms with E-state index in [1.807, 2.05) is 18.2 Å². The Hall–Kier alpha value is -2.74. The van der Waals surface area contributed by atoms with Crippen molar-refractivity contribution < 1.29 is 17.9 Å². The minimum atomic E-state index is -3.59. The predicted octanol–water partition coefficient (Wildman–Crippen LogP) is 2.54. The second-order valence-electron chi connectivity index (χ2n) is 4.86. The number of para-hydroxylation sites is 1. The Balaban J connectivity index is 2.30. The average Bonchev–Trinajstić information content (AvgIpc) is 2.54. The maximum atomic E-state index is 11.5. The molecule has 0 radical (unpaired) electrons. The lowest BCUT2D eigenvalue weighted by molar-refractivity contribution is 0.355. The molecule has 2 N–H and O–H groups in total. The van der Waals surface area contributed by atoms with Gasteiger partial charge in [-0.3, -0.25) is 0 Å². The van der Waals surface area contributed by atoms with Gasteiger partial charge in [0.25, 0.3) is 10.0 Å². The van der Waals surface area contributed by atoms with Crippen LogP contribution < -0.4 is 20.1 Å². The van der Waals surface area contributed by atoms with Crippen molar-refractivity contribution >= 4 is 27.4 Å². The first-order valence-corrected chi connectivity index (χ1v) is 8.87. The molecule has 24 heavy (non-hydrogen) atoms. The molecule has 0 aliphatic carbocycles. The summed E-state index contributed by atoms with van der Waals surface area (Å²) in [6.07, 6.45) is 1.02. The Labute approximate surface area is 141 Å². The number of anilines is 2. The maximum absolute atomic E-state index is 11.5. The number of sulfonamides is 1. The number of ether oxygens (including phenoxy) is 2. The second-order valence-corrected chi connectivity index (χ2v) is 6.51. The third-order valence-electron chi connectivity index (χ3n) is 2.94. The summed E-state index contributed by atoms with van der Waals surface area (Å²) < 4.78 is 37.2. The summed E-state index contributed by atoms with van der Waals surface area (Å²) in [6.45, 7) is 0. The van der Waals surface area contributed by atoms with Crippen molar-refractivity contribution in [3.63, 3.8) is 0 Å². The van der Waals surface area contributed by atoms with E-state index >= 15 is 0 Å². The fourth-order valence-corrected chi connectivity index (χ4v) is 2.37. The largest absolute Gasteiger partial charge is 0.493 e. The number of hydrogen-bond donors (Lipinski definition) is 2. The van der Waals surface area contributed by atoms with Crippen LogP contribution in [0.3, 0.4) is 0 Å². The summed E-state index contributed by atoms with van der Waals surface area (Å²) in [5, 5.41) is 5.87. The highest BCUT2D eigenvalue weighted by Gasteiger charge is 2.09. The zero-order valence-corrected chi connectivity index (χ0v) is 14.4. The molecule has 0 saturated heterocycles. The number of guanidine groups is 1. The summed E-state index contributed by atoms with van der Waals surface area (Å²) in [6, 6.07) is 14.2. The second kappa shape index (κ2) is 7.69. The molecule has 0 amide bonds. The fraction of sp³-hybridized carbons (Fsp3) is 0.188.